The number of hydrogen-bond donors (Lipinski definition) is 0. The zero-order chi connectivity index (χ0) is 14.7. The minimum atomic E-state index is 0.0277. The molecule has 2 aromatic heterocycles. The topological polar surface area (TPSA) is 73.1 Å². The fourth-order valence-electron chi connectivity index (χ4n) is 2.55. The molecule has 0 unspecified atom stereocenters. The normalized spacial score (nSPS) is 18.9. The van der Waals surface area contributed by atoms with Crippen LogP contribution in [0.1, 0.15) is 29.4 Å². The molecule has 1 saturated heterocycles. The summed E-state index contributed by atoms with van der Waals surface area (Å²) in [4.78, 5) is 15.3. The molecule has 0 N–H and O–H groups in total. The first kappa shape index (κ1) is 14.2. The largest absolute Gasteiger partial charge is 0.377 e. The smallest absolute Gasteiger partial charge is 0.266 e. The van der Waals surface area contributed by atoms with Gasteiger partial charge in [0.2, 0.25) is 0 Å². The number of tetrazole rings is 1. The Morgan fingerprint density at radius 3 is 3.24 bits per heavy atom. The third kappa shape index (κ3) is 2.96. The lowest BCUT2D eigenvalue weighted by Crippen LogP contribution is -2.43. The van der Waals surface area contributed by atoms with Gasteiger partial charge in [0.1, 0.15) is 11.2 Å². The zero-order valence-corrected chi connectivity index (χ0v) is 12.6. The van der Waals surface area contributed by atoms with E-state index in [2.05, 4.69) is 15.5 Å². The molecule has 7 nitrogen and oxygen atoms in total. The number of carbonyl (C=O) groups excluding carboxylic acids is 1. The summed E-state index contributed by atoms with van der Waals surface area (Å²) in [5.74, 6) is 0.0277. The second-order valence-electron chi connectivity index (χ2n) is 4.86. The molecule has 3 rings (SSSR count). The highest BCUT2D eigenvalue weighted by Crippen LogP contribution is 2.24. The van der Waals surface area contributed by atoms with Crippen molar-refractivity contribution in [1.29, 1.82) is 0 Å². The minimum Gasteiger partial charge on any atom is -0.377 e. The van der Waals surface area contributed by atoms with Gasteiger partial charge in [-0.2, -0.15) is 4.68 Å². The van der Waals surface area contributed by atoms with Crippen molar-refractivity contribution in [2.75, 3.05) is 19.7 Å². The van der Waals surface area contributed by atoms with E-state index >= 15 is 0 Å². The average Bonchev–Trinajstić information content (AvgIpc) is 3.18. The van der Waals surface area contributed by atoms with Crippen molar-refractivity contribution in [3.05, 3.63) is 22.7 Å². The van der Waals surface area contributed by atoms with E-state index in [1.54, 1.807) is 0 Å². The number of likely N-dealkylation sites (tertiary alicyclic amines) is 1. The molecule has 8 heteroatoms. The number of rotatable bonds is 4. The van der Waals surface area contributed by atoms with Crippen LogP contribution in [0, 0.1) is 0 Å². The van der Waals surface area contributed by atoms with E-state index in [1.165, 1.54) is 22.3 Å². The van der Waals surface area contributed by atoms with Gasteiger partial charge in [-0.3, -0.25) is 4.79 Å². The molecule has 1 aliphatic heterocycles. The summed E-state index contributed by atoms with van der Waals surface area (Å²) in [6.45, 7) is 4.09. The highest BCUT2D eigenvalue weighted by molar-refractivity contribution is 7.12. The van der Waals surface area contributed by atoms with E-state index < -0.39 is 0 Å². The molecule has 3 heterocycles. The van der Waals surface area contributed by atoms with E-state index in [1.807, 2.05) is 23.3 Å². The molecule has 0 bridgehead atoms. The molecule has 1 aliphatic rings. The molecule has 1 fully saturated rings. The Bertz CT molecular complexity index is 595. The maximum absolute atomic E-state index is 12.7. The summed E-state index contributed by atoms with van der Waals surface area (Å²) in [5.41, 5.74) is 0.730. The Balaban J connectivity index is 1.78. The molecule has 0 radical (unpaired) electrons. The van der Waals surface area contributed by atoms with Crippen molar-refractivity contribution in [2.45, 2.75) is 25.9 Å². The number of thiophene rings is 1. The fraction of sp³-hybridized carbons (Fsp3) is 0.538. The van der Waals surface area contributed by atoms with Gasteiger partial charge in [0, 0.05) is 19.7 Å². The minimum absolute atomic E-state index is 0.0277. The van der Waals surface area contributed by atoms with Crippen LogP contribution in [0.4, 0.5) is 0 Å². The fourth-order valence-corrected chi connectivity index (χ4v) is 3.40. The monoisotopic (exact) mass is 307 g/mol. The average molecular weight is 307 g/mol. The van der Waals surface area contributed by atoms with Crippen LogP contribution in [0.3, 0.4) is 0 Å². The van der Waals surface area contributed by atoms with Gasteiger partial charge in [0.15, 0.2) is 0 Å². The molecule has 1 atom stereocenters. The zero-order valence-electron chi connectivity index (χ0n) is 11.8. The Morgan fingerprint density at radius 2 is 2.48 bits per heavy atom. The van der Waals surface area contributed by atoms with Gasteiger partial charge in [0.25, 0.3) is 5.91 Å². The van der Waals surface area contributed by atoms with Crippen LogP contribution in [0.5, 0.6) is 0 Å². The van der Waals surface area contributed by atoms with E-state index in [0.29, 0.717) is 18.0 Å². The Morgan fingerprint density at radius 1 is 1.57 bits per heavy atom. The molecule has 1 amide bonds. The standard InChI is InChI=1S/C13H17N5O2S/c1-2-20-10-4-3-6-17(8-10)13(19)12-11(5-7-21-12)18-9-14-15-16-18/h5,7,9-10H,2-4,6,8H2,1H3/t10-/m1/s1. The summed E-state index contributed by atoms with van der Waals surface area (Å²) in [6.07, 6.45) is 3.63. The van der Waals surface area contributed by atoms with E-state index in [0.717, 1.165) is 25.1 Å². The molecule has 2 aromatic rings. The molecular weight excluding hydrogens is 290 g/mol. The lowest BCUT2D eigenvalue weighted by atomic mass is 10.1. The van der Waals surface area contributed by atoms with Gasteiger partial charge in [-0.1, -0.05) is 0 Å². The molecule has 0 aromatic carbocycles. The summed E-state index contributed by atoms with van der Waals surface area (Å²) in [6, 6.07) is 1.86. The maximum atomic E-state index is 12.7. The number of amides is 1. The van der Waals surface area contributed by atoms with Crippen LogP contribution in [0.25, 0.3) is 5.69 Å². The summed E-state index contributed by atoms with van der Waals surface area (Å²) < 4.78 is 7.18. The van der Waals surface area contributed by atoms with Crippen LogP contribution in [0.2, 0.25) is 0 Å². The summed E-state index contributed by atoms with van der Waals surface area (Å²) in [5, 5.41) is 13.0. The number of piperidine rings is 1. The molecular formula is C13H17N5O2S. The highest BCUT2D eigenvalue weighted by Gasteiger charge is 2.27. The quantitative estimate of drug-likeness (QED) is 0.853. The third-order valence-electron chi connectivity index (χ3n) is 3.50. The second-order valence-corrected chi connectivity index (χ2v) is 5.78. The highest BCUT2D eigenvalue weighted by atomic mass is 32.1. The molecule has 0 saturated carbocycles. The Labute approximate surface area is 126 Å². The van der Waals surface area contributed by atoms with Crippen LogP contribution < -0.4 is 0 Å². The third-order valence-corrected chi connectivity index (χ3v) is 4.39. The van der Waals surface area contributed by atoms with Crippen molar-refractivity contribution in [1.82, 2.24) is 25.1 Å². The van der Waals surface area contributed by atoms with Crippen molar-refractivity contribution in [2.24, 2.45) is 0 Å². The van der Waals surface area contributed by atoms with Gasteiger partial charge in [-0.25, -0.2) is 0 Å². The van der Waals surface area contributed by atoms with Crippen LogP contribution in [-0.4, -0.2) is 56.8 Å². The predicted molar refractivity (Wildman–Crippen MR) is 77.6 cm³/mol. The first-order valence-electron chi connectivity index (χ1n) is 7.01. The van der Waals surface area contributed by atoms with Crippen molar-refractivity contribution in [3.63, 3.8) is 0 Å². The number of ether oxygens (including phenoxy) is 1. The molecule has 0 spiro atoms. The first-order valence-corrected chi connectivity index (χ1v) is 7.89. The van der Waals surface area contributed by atoms with E-state index in [-0.39, 0.29) is 12.0 Å². The van der Waals surface area contributed by atoms with Crippen LogP contribution >= 0.6 is 11.3 Å². The summed E-state index contributed by atoms with van der Waals surface area (Å²) >= 11 is 1.42. The lowest BCUT2D eigenvalue weighted by Gasteiger charge is -2.32. The van der Waals surface area contributed by atoms with Gasteiger partial charge >= 0.3 is 0 Å². The van der Waals surface area contributed by atoms with Crippen LogP contribution in [-0.2, 0) is 4.74 Å². The molecule has 21 heavy (non-hydrogen) atoms. The number of nitrogens with zero attached hydrogens (tertiary/aromatic N) is 5. The first-order chi connectivity index (χ1) is 10.3. The Kier molecular flexibility index (Phi) is 4.26. The van der Waals surface area contributed by atoms with Gasteiger partial charge in [0.05, 0.1) is 11.8 Å². The SMILES string of the molecule is CCO[C@@H]1CCCN(C(=O)c2sccc2-n2cnnn2)C1. The van der Waals surface area contributed by atoms with Gasteiger partial charge < -0.3 is 9.64 Å². The number of aromatic nitrogens is 4. The molecule has 112 valence electrons. The number of hydrogen-bond acceptors (Lipinski definition) is 6. The van der Waals surface area contributed by atoms with Crippen molar-refractivity contribution < 1.29 is 9.53 Å². The predicted octanol–water partition coefficient (Wildman–Crippen LogP) is 1.36. The lowest BCUT2D eigenvalue weighted by molar-refractivity contribution is 0.00742. The molecule has 0 aliphatic carbocycles. The van der Waals surface area contributed by atoms with E-state index in [9.17, 15) is 4.79 Å². The van der Waals surface area contributed by atoms with Crippen LogP contribution in [0.15, 0.2) is 17.8 Å². The van der Waals surface area contributed by atoms with Gasteiger partial charge in [-0.05, 0) is 41.6 Å². The second kappa shape index (κ2) is 6.31. The van der Waals surface area contributed by atoms with Gasteiger partial charge in [-0.15, -0.1) is 16.4 Å². The summed E-state index contributed by atoms with van der Waals surface area (Å²) in [7, 11) is 0. The van der Waals surface area contributed by atoms with E-state index in [4.69, 9.17) is 4.74 Å². The Hall–Kier alpha value is -1.80. The number of carbonyl (C=O) groups is 1. The maximum Gasteiger partial charge on any atom is 0.266 e. The van der Waals surface area contributed by atoms with Crippen molar-refractivity contribution >= 4 is 17.2 Å². The van der Waals surface area contributed by atoms with Crippen molar-refractivity contribution in [3.8, 4) is 5.69 Å².